The molecule has 0 saturated heterocycles. The number of nitrogens with zero attached hydrogens (tertiary/aromatic N) is 2. The number of aromatic amines is 1. The lowest BCUT2D eigenvalue weighted by atomic mass is 10.1. The van der Waals surface area contributed by atoms with Crippen LogP contribution in [0.4, 0.5) is 0 Å². The highest BCUT2D eigenvalue weighted by atomic mass is 16.5. The number of carbonyl (C=O) groups is 1. The molecule has 124 valence electrons. The molecule has 0 bridgehead atoms. The first kappa shape index (κ1) is 15.8. The molecule has 0 unspecified atom stereocenters. The molecular weight excluding hydrogens is 308 g/mol. The standard InChI is InChI=1S/C17H18N4O3/c1-11-7-15(24-21-11)8-16(22)18-9-13-10-19-20-17(13)12-3-5-14(23-2)6-4-12/h3-7,10H,8-9H2,1-2H3,(H,18,22)(H,19,20). The van der Waals surface area contributed by atoms with E-state index in [0.29, 0.717) is 12.3 Å². The van der Waals surface area contributed by atoms with Crippen LogP contribution in [0, 0.1) is 6.92 Å². The van der Waals surface area contributed by atoms with Gasteiger partial charge in [-0.3, -0.25) is 9.89 Å². The second kappa shape index (κ2) is 6.99. The van der Waals surface area contributed by atoms with Crippen LogP contribution in [0.3, 0.4) is 0 Å². The minimum Gasteiger partial charge on any atom is -0.497 e. The number of hydrogen-bond acceptors (Lipinski definition) is 5. The van der Waals surface area contributed by atoms with Crippen molar-refractivity contribution in [2.75, 3.05) is 7.11 Å². The average Bonchev–Trinajstić information content (AvgIpc) is 3.22. The normalized spacial score (nSPS) is 10.6. The first-order valence-corrected chi connectivity index (χ1v) is 7.51. The summed E-state index contributed by atoms with van der Waals surface area (Å²) in [4.78, 5) is 12.0. The summed E-state index contributed by atoms with van der Waals surface area (Å²) >= 11 is 0. The number of ether oxygens (including phenoxy) is 1. The lowest BCUT2D eigenvalue weighted by Gasteiger charge is -2.06. The molecule has 2 aromatic heterocycles. The lowest BCUT2D eigenvalue weighted by Crippen LogP contribution is -2.24. The Morgan fingerprint density at radius 3 is 2.79 bits per heavy atom. The van der Waals surface area contributed by atoms with Gasteiger partial charge >= 0.3 is 0 Å². The molecule has 0 spiro atoms. The maximum Gasteiger partial charge on any atom is 0.228 e. The molecule has 7 heteroatoms. The molecule has 0 saturated carbocycles. The highest BCUT2D eigenvalue weighted by molar-refractivity contribution is 5.78. The second-order valence-electron chi connectivity index (χ2n) is 5.39. The van der Waals surface area contributed by atoms with Crippen molar-refractivity contribution in [3.05, 3.63) is 53.5 Å². The van der Waals surface area contributed by atoms with Gasteiger partial charge in [0.1, 0.15) is 11.5 Å². The molecule has 0 radical (unpaired) electrons. The van der Waals surface area contributed by atoms with E-state index in [-0.39, 0.29) is 12.3 Å². The van der Waals surface area contributed by atoms with Crippen molar-refractivity contribution >= 4 is 5.91 Å². The Morgan fingerprint density at radius 2 is 2.12 bits per heavy atom. The number of aryl methyl sites for hydroxylation is 1. The Kier molecular flexibility index (Phi) is 4.60. The number of methoxy groups -OCH3 is 1. The van der Waals surface area contributed by atoms with Gasteiger partial charge in [-0.05, 0) is 31.2 Å². The van der Waals surface area contributed by atoms with Gasteiger partial charge < -0.3 is 14.6 Å². The molecule has 0 aliphatic rings. The highest BCUT2D eigenvalue weighted by Gasteiger charge is 2.11. The van der Waals surface area contributed by atoms with Crippen LogP contribution < -0.4 is 10.1 Å². The van der Waals surface area contributed by atoms with E-state index < -0.39 is 0 Å². The third-order valence-corrected chi connectivity index (χ3v) is 3.58. The molecule has 0 atom stereocenters. The summed E-state index contributed by atoms with van der Waals surface area (Å²) < 4.78 is 10.2. The maximum absolute atomic E-state index is 12.0. The molecular formula is C17H18N4O3. The van der Waals surface area contributed by atoms with E-state index in [0.717, 1.165) is 28.3 Å². The van der Waals surface area contributed by atoms with Crippen LogP contribution in [-0.4, -0.2) is 28.4 Å². The van der Waals surface area contributed by atoms with Crippen molar-refractivity contribution in [3.63, 3.8) is 0 Å². The van der Waals surface area contributed by atoms with Gasteiger partial charge in [0, 0.05) is 23.7 Å². The van der Waals surface area contributed by atoms with E-state index in [1.807, 2.05) is 31.2 Å². The zero-order chi connectivity index (χ0) is 16.9. The van der Waals surface area contributed by atoms with Gasteiger partial charge in [-0.15, -0.1) is 0 Å². The minimum absolute atomic E-state index is 0.131. The summed E-state index contributed by atoms with van der Waals surface area (Å²) in [6.45, 7) is 2.20. The zero-order valence-electron chi connectivity index (χ0n) is 13.5. The fourth-order valence-electron chi connectivity index (χ4n) is 2.37. The summed E-state index contributed by atoms with van der Waals surface area (Å²) in [5, 5.41) is 13.7. The van der Waals surface area contributed by atoms with E-state index >= 15 is 0 Å². The van der Waals surface area contributed by atoms with Crippen LogP contribution in [0.15, 0.2) is 41.1 Å². The van der Waals surface area contributed by atoms with Crippen LogP contribution in [-0.2, 0) is 17.8 Å². The Morgan fingerprint density at radius 1 is 1.33 bits per heavy atom. The van der Waals surface area contributed by atoms with E-state index in [2.05, 4.69) is 20.7 Å². The molecule has 1 aromatic carbocycles. The third kappa shape index (κ3) is 3.62. The molecule has 2 heterocycles. The summed E-state index contributed by atoms with van der Waals surface area (Å²) in [7, 11) is 1.63. The van der Waals surface area contributed by atoms with Crippen molar-refractivity contribution in [1.29, 1.82) is 0 Å². The topological polar surface area (TPSA) is 93.0 Å². The van der Waals surface area contributed by atoms with Gasteiger partial charge in [0.05, 0.1) is 31.1 Å². The van der Waals surface area contributed by atoms with E-state index in [4.69, 9.17) is 9.26 Å². The zero-order valence-corrected chi connectivity index (χ0v) is 13.5. The molecule has 0 aliphatic carbocycles. The predicted molar refractivity (Wildman–Crippen MR) is 87.4 cm³/mol. The van der Waals surface area contributed by atoms with Crippen molar-refractivity contribution in [1.82, 2.24) is 20.7 Å². The maximum atomic E-state index is 12.0. The van der Waals surface area contributed by atoms with Crippen LogP contribution >= 0.6 is 0 Å². The number of hydrogen-bond donors (Lipinski definition) is 2. The fourth-order valence-corrected chi connectivity index (χ4v) is 2.37. The third-order valence-electron chi connectivity index (χ3n) is 3.58. The van der Waals surface area contributed by atoms with Crippen molar-refractivity contribution in [3.8, 4) is 17.0 Å². The Balaban J connectivity index is 1.63. The summed E-state index contributed by atoms with van der Waals surface area (Å²) in [5.41, 5.74) is 3.51. The first-order chi connectivity index (χ1) is 11.7. The van der Waals surface area contributed by atoms with Gasteiger partial charge in [0.25, 0.3) is 0 Å². The van der Waals surface area contributed by atoms with Gasteiger partial charge in [-0.25, -0.2) is 0 Å². The number of benzene rings is 1. The molecule has 24 heavy (non-hydrogen) atoms. The van der Waals surface area contributed by atoms with Crippen LogP contribution in [0.1, 0.15) is 17.0 Å². The molecule has 1 amide bonds. The number of carbonyl (C=O) groups excluding carboxylic acids is 1. The molecule has 7 nitrogen and oxygen atoms in total. The summed E-state index contributed by atoms with van der Waals surface area (Å²) in [5.74, 6) is 1.20. The van der Waals surface area contributed by atoms with E-state index in [9.17, 15) is 4.79 Å². The Labute approximate surface area is 139 Å². The van der Waals surface area contributed by atoms with E-state index in [1.54, 1.807) is 19.4 Å². The first-order valence-electron chi connectivity index (χ1n) is 7.51. The largest absolute Gasteiger partial charge is 0.497 e. The minimum atomic E-state index is -0.131. The number of rotatable bonds is 6. The smallest absolute Gasteiger partial charge is 0.228 e. The highest BCUT2D eigenvalue weighted by Crippen LogP contribution is 2.23. The van der Waals surface area contributed by atoms with E-state index in [1.165, 1.54) is 0 Å². The Hall–Kier alpha value is -3.09. The van der Waals surface area contributed by atoms with Gasteiger partial charge in [0.15, 0.2) is 0 Å². The van der Waals surface area contributed by atoms with Gasteiger partial charge in [-0.2, -0.15) is 5.10 Å². The summed E-state index contributed by atoms with van der Waals surface area (Å²) in [6.07, 6.45) is 1.87. The van der Waals surface area contributed by atoms with Crippen LogP contribution in [0.5, 0.6) is 5.75 Å². The van der Waals surface area contributed by atoms with Crippen molar-refractivity contribution in [2.45, 2.75) is 19.9 Å². The van der Waals surface area contributed by atoms with Crippen LogP contribution in [0.25, 0.3) is 11.3 Å². The van der Waals surface area contributed by atoms with Crippen molar-refractivity contribution < 1.29 is 14.1 Å². The SMILES string of the molecule is COc1ccc(-c2[nH]ncc2CNC(=O)Cc2cc(C)no2)cc1. The number of amides is 1. The molecule has 3 aromatic rings. The summed E-state index contributed by atoms with van der Waals surface area (Å²) in [6, 6.07) is 9.39. The number of H-pyrrole nitrogens is 1. The van der Waals surface area contributed by atoms with Gasteiger partial charge in [-0.1, -0.05) is 5.16 Å². The molecule has 2 N–H and O–H groups in total. The monoisotopic (exact) mass is 326 g/mol. The second-order valence-corrected chi connectivity index (χ2v) is 5.39. The van der Waals surface area contributed by atoms with Crippen LogP contribution in [0.2, 0.25) is 0 Å². The number of aromatic nitrogens is 3. The predicted octanol–water partition coefficient (Wildman–Crippen LogP) is 2.24. The molecule has 0 fully saturated rings. The molecule has 3 rings (SSSR count). The fraction of sp³-hybridized carbons (Fsp3) is 0.235. The number of nitrogens with one attached hydrogen (secondary N) is 2. The lowest BCUT2D eigenvalue weighted by molar-refractivity contribution is -0.120. The Bertz CT molecular complexity index is 820. The van der Waals surface area contributed by atoms with Gasteiger partial charge in [0.2, 0.25) is 5.91 Å². The average molecular weight is 326 g/mol. The quantitative estimate of drug-likeness (QED) is 0.724. The molecule has 0 aliphatic heterocycles. The van der Waals surface area contributed by atoms with Crippen molar-refractivity contribution in [2.24, 2.45) is 0 Å².